The molecule has 2 fully saturated rings. The molecule has 0 aromatic carbocycles. The van der Waals surface area contributed by atoms with Gasteiger partial charge in [0.05, 0.1) is 5.60 Å². The van der Waals surface area contributed by atoms with Gasteiger partial charge in [-0.3, -0.25) is 0 Å². The third-order valence-electron chi connectivity index (χ3n) is 4.86. The summed E-state index contributed by atoms with van der Waals surface area (Å²) in [6, 6.07) is 1.76. The Morgan fingerprint density at radius 3 is 2.52 bits per heavy atom. The van der Waals surface area contributed by atoms with E-state index in [4.69, 9.17) is 0 Å². The Bertz CT molecular complexity index is 654. The first kappa shape index (κ1) is 16.6. The third-order valence-corrected chi connectivity index (χ3v) is 6.76. The van der Waals surface area contributed by atoms with Crippen molar-refractivity contribution in [3.05, 3.63) is 18.5 Å². The molecule has 2 saturated heterocycles. The Morgan fingerprint density at radius 1 is 1.22 bits per heavy atom. The van der Waals surface area contributed by atoms with E-state index in [9.17, 15) is 13.5 Å². The predicted molar refractivity (Wildman–Crippen MR) is 86.1 cm³/mol. The van der Waals surface area contributed by atoms with Crippen molar-refractivity contribution in [2.24, 2.45) is 5.92 Å². The zero-order valence-corrected chi connectivity index (χ0v) is 14.3. The van der Waals surface area contributed by atoms with E-state index >= 15 is 0 Å². The average molecular weight is 341 g/mol. The number of rotatable bonds is 3. The molecule has 0 amide bonds. The molecule has 8 nitrogen and oxygen atoms in total. The van der Waals surface area contributed by atoms with Crippen molar-refractivity contribution >= 4 is 16.2 Å². The highest BCUT2D eigenvalue weighted by Gasteiger charge is 2.47. The summed E-state index contributed by atoms with van der Waals surface area (Å²) < 4.78 is 27.4. The van der Waals surface area contributed by atoms with E-state index in [0.717, 1.165) is 0 Å². The van der Waals surface area contributed by atoms with E-state index in [2.05, 4.69) is 9.97 Å². The summed E-state index contributed by atoms with van der Waals surface area (Å²) in [5, 5.41) is 10.9. The van der Waals surface area contributed by atoms with Crippen LogP contribution in [0.15, 0.2) is 18.5 Å². The molecular formula is C14H23N5O3S. The lowest BCUT2D eigenvalue weighted by molar-refractivity contribution is -0.0696. The monoisotopic (exact) mass is 341 g/mol. The van der Waals surface area contributed by atoms with Gasteiger partial charge in [0.2, 0.25) is 5.95 Å². The standard InChI is InChI=1S/C14H23N5O3S/c1-17(2)23(21,22)19-9-5-14(20)4-8-18(10-12(14)11-19)13-15-6-3-7-16-13/h3,6-7,12,20H,4-5,8-11H2,1-2H3/t12-,14-/m1/s1. The Morgan fingerprint density at radius 2 is 1.87 bits per heavy atom. The third kappa shape index (κ3) is 3.06. The molecule has 3 rings (SSSR count). The van der Waals surface area contributed by atoms with Crippen LogP contribution < -0.4 is 4.90 Å². The molecule has 0 radical (unpaired) electrons. The summed E-state index contributed by atoms with van der Waals surface area (Å²) in [6.45, 7) is 1.91. The molecule has 3 heterocycles. The summed E-state index contributed by atoms with van der Waals surface area (Å²) in [4.78, 5) is 10.5. The lowest BCUT2D eigenvalue weighted by atomic mass is 9.76. The number of piperidine rings is 2. The van der Waals surface area contributed by atoms with Gasteiger partial charge in [-0.15, -0.1) is 0 Å². The minimum Gasteiger partial charge on any atom is -0.389 e. The molecule has 1 aromatic heterocycles. The molecule has 1 N–H and O–H groups in total. The van der Waals surface area contributed by atoms with Gasteiger partial charge in [0.1, 0.15) is 0 Å². The fourth-order valence-electron chi connectivity index (χ4n) is 3.35. The summed E-state index contributed by atoms with van der Waals surface area (Å²) >= 11 is 0. The van der Waals surface area contributed by atoms with Crippen molar-refractivity contribution in [1.82, 2.24) is 18.6 Å². The van der Waals surface area contributed by atoms with Crippen molar-refractivity contribution in [2.45, 2.75) is 18.4 Å². The molecule has 9 heteroatoms. The highest BCUT2D eigenvalue weighted by molar-refractivity contribution is 7.86. The van der Waals surface area contributed by atoms with Crippen molar-refractivity contribution in [1.29, 1.82) is 0 Å². The molecule has 0 bridgehead atoms. The second kappa shape index (κ2) is 5.97. The van der Waals surface area contributed by atoms with E-state index in [1.54, 1.807) is 18.5 Å². The van der Waals surface area contributed by atoms with Gasteiger partial charge >= 0.3 is 0 Å². The van der Waals surface area contributed by atoms with Gasteiger partial charge < -0.3 is 10.0 Å². The van der Waals surface area contributed by atoms with Gasteiger partial charge in [0.25, 0.3) is 10.2 Å². The Balaban J connectivity index is 1.78. The minimum atomic E-state index is -3.45. The van der Waals surface area contributed by atoms with Crippen LogP contribution in [-0.4, -0.2) is 78.0 Å². The number of hydrogen-bond acceptors (Lipinski definition) is 6. The van der Waals surface area contributed by atoms with Crippen LogP contribution >= 0.6 is 0 Å². The summed E-state index contributed by atoms with van der Waals surface area (Å²) in [5.41, 5.74) is -0.802. The number of fused-ring (bicyclic) bond motifs is 1. The van der Waals surface area contributed by atoms with Crippen LogP contribution in [0.2, 0.25) is 0 Å². The predicted octanol–water partition coefficient (Wildman–Crippen LogP) is -0.454. The molecule has 2 aliphatic rings. The summed E-state index contributed by atoms with van der Waals surface area (Å²) in [7, 11) is -0.396. The number of hydrogen-bond donors (Lipinski definition) is 1. The van der Waals surface area contributed by atoms with Crippen LogP contribution in [-0.2, 0) is 10.2 Å². The average Bonchev–Trinajstić information content (AvgIpc) is 2.54. The lowest BCUT2D eigenvalue weighted by Crippen LogP contribution is -2.61. The van der Waals surface area contributed by atoms with Crippen LogP contribution in [0.4, 0.5) is 5.95 Å². The molecule has 23 heavy (non-hydrogen) atoms. The molecule has 2 aliphatic heterocycles. The van der Waals surface area contributed by atoms with Crippen molar-refractivity contribution in [3.63, 3.8) is 0 Å². The highest BCUT2D eigenvalue weighted by Crippen LogP contribution is 2.37. The fourth-order valence-corrected chi connectivity index (χ4v) is 4.50. The molecule has 1 aromatic rings. The molecule has 2 atom stereocenters. The largest absolute Gasteiger partial charge is 0.389 e. The summed E-state index contributed by atoms with van der Waals surface area (Å²) in [5.74, 6) is 0.477. The lowest BCUT2D eigenvalue weighted by Gasteiger charge is -2.49. The highest BCUT2D eigenvalue weighted by atomic mass is 32.2. The fraction of sp³-hybridized carbons (Fsp3) is 0.714. The van der Waals surface area contributed by atoms with Crippen LogP contribution in [0.1, 0.15) is 12.8 Å². The first-order chi connectivity index (χ1) is 10.8. The van der Waals surface area contributed by atoms with E-state index in [-0.39, 0.29) is 5.92 Å². The van der Waals surface area contributed by atoms with Gasteiger partial charge in [0.15, 0.2) is 0 Å². The molecule has 0 aliphatic carbocycles. The Hall–Kier alpha value is -1.29. The normalized spacial score (nSPS) is 29.6. The van der Waals surface area contributed by atoms with Gasteiger partial charge in [-0.25, -0.2) is 9.97 Å². The number of nitrogens with zero attached hydrogens (tertiary/aromatic N) is 5. The molecular weight excluding hydrogens is 318 g/mol. The molecule has 0 unspecified atom stereocenters. The Kier molecular flexibility index (Phi) is 4.30. The zero-order valence-electron chi connectivity index (χ0n) is 13.5. The first-order valence-corrected chi connectivity index (χ1v) is 9.14. The minimum absolute atomic E-state index is 0.150. The van der Waals surface area contributed by atoms with Gasteiger partial charge in [0, 0.05) is 58.6 Å². The van der Waals surface area contributed by atoms with Crippen LogP contribution in [0.5, 0.6) is 0 Å². The Labute approximate surface area is 136 Å². The maximum Gasteiger partial charge on any atom is 0.281 e. The number of aliphatic hydroxyl groups is 1. The maximum absolute atomic E-state index is 12.3. The van der Waals surface area contributed by atoms with Gasteiger partial charge in [-0.2, -0.15) is 17.0 Å². The molecule has 0 saturated carbocycles. The number of aromatic nitrogens is 2. The SMILES string of the molecule is CN(C)S(=O)(=O)N1CC[C@]2(O)CCN(c3ncccn3)C[C@@H]2C1. The van der Waals surface area contributed by atoms with Gasteiger partial charge in [-0.05, 0) is 18.9 Å². The van der Waals surface area contributed by atoms with Crippen LogP contribution in [0.25, 0.3) is 0 Å². The van der Waals surface area contributed by atoms with Crippen LogP contribution in [0, 0.1) is 5.92 Å². The second-order valence-electron chi connectivity index (χ2n) is 6.44. The second-order valence-corrected chi connectivity index (χ2v) is 8.59. The van der Waals surface area contributed by atoms with E-state index in [1.165, 1.54) is 22.7 Å². The van der Waals surface area contributed by atoms with Crippen molar-refractivity contribution in [3.8, 4) is 0 Å². The molecule has 128 valence electrons. The quantitative estimate of drug-likeness (QED) is 0.801. The zero-order chi connectivity index (χ0) is 16.7. The van der Waals surface area contributed by atoms with Crippen molar-refractivity contribution in [2.75, 3.05) is 45.2 Å². The topological polar surface area (TPSA) is 89.9 Å². The van der Waals surface area contributed by atoms with Crippen LogP contribution in [0.3, 0.4) is 0 Å². The number of anilines is 1. The van der Waals surface area contributed by atoms with Gasteiger partial charge in [-0.1, -0.05) is 0 Å². The van der Waals surface area contributed by atoms with Crippen molar-refractivity contribution < 1.29 is 13.5 Å². The summed E-state index contributed by atoms with van der Waals surface area (Å²) in [6.07, 6.45) is 4.44. The van der Waals surface area contributed by atoms with E-state index in [1.807, 2.05) is 4.90 Å². The maximum atomic E-state index is 12.3. The van der Waals surface area contributed by atoms with E-state index < -0.39 is 15.8 Å². The van der Waals surface area contributed by atoms with E-state index in [0.29, 0.717) is 45.0 Å². The first-order valence-electron chi connectivity index (χ1n) is 7.75. The smallest absolute Gasteiger partial charge is 0.281 e. The molecule has 0 spiro atoms.